The Morgan fingerprint density at radius 3 is 2.57 bits per heavy atom. The molecule has 0 spiro atoms. The molecule has 0 unspecified atom stereocenters. The van der Waals surface area contributed by atoms with E-state index in [1.54, 1.807) is 11.9 Å². The molecule has 30 heavy (non-hydrogen) atoms. The number of fused-ring (bicyclic) bond motifs is 1. The molecule has 2 aromatic rings. The van der Waals surface area contributed by atoms with Crippen molar-refractivity contribution in [2.45, 2.75) is 52.4 Å². The first-order chi connectivity index (χ1) is 14.4. The molecule has 0 aliphatic carbocycles. The second-order valence-corrected chi connectivity index (χ2v) is 8.95. The quantitative estimate of drug-likeness (QED) is 0.805. The van der Waals surface area contributed by atoms with Crippen molar-refractivity contribution in [3.63, 3.8) is 0 Å². The van der Waals surface area contributed by atoms with Gasteiger partial charge in [0.1, 0.15) is 16.5 Å². The Labute approximate surface area is 180 Å². The van der Waals surface area contributed by atoms with Gasteiger partial charge in [0.05, 0.1) is 5.69 Å². The van der Waals surface area contributed by atoms with Crippen LogP contribution in [0, 0.1) is 13.8 Å². The molecule has 0 radical (unpaired) electrons. The van der Waals surface area contributed by atoms with E-state index in [-0.39, 0.29) is 17.7 Å². The predicted octanol–water partition coefficient (Wildman–Crippen LogP) is 2.91. The van der Waals surface area contributed by atoms with Crippen molar-refractivity contribution in [1.82, 2.24) is 19.9 Å². The van der Waals surface area contributed by atoms with Crippen LogP contribution in [-0.2, 0) is 11.2 Å². The van der Waals surface area contributed by atoms with Crippen LogP contribution in [0.15, 0.2) is 0 Å². The van der Waals surface area contributed by atoms with E-state index in [1.807, 2.05) is 25.7 Å². The maximum atomic E-state index is 13.0. The fourth-order valence-corrected chi connectivity index (χ4v) is 5.18. The summed E-state index contributed by atoms with van der Waals surface area (Å²) in [5.41, 5.74) is 2.82. The van der Waals surface area contributed by atoms with Gasteiger partial charge in [0.25, 0.3) is 5.91 Å². The highest BCUT2D eigenvalue weighted by atomic mass is 32.1. The molecule has 8 nitrogen and oxygen atoms in total. The zero-order chi connectivity index (χ0) is 21.4. The van der Waals surface area contributed by atoms with E-state index in [0.717, 1.165) is 53.1 Å². The molecule has 0 bridgehead atoms. The van der Waals surface area contributed by atoms with Crippen LogP contribution < -0.4 is 10.2 Å². The second kappa shape index (κ2) is 8.29. The number of carbonyl (C=O) groups is 2. The van der Waals surface area contributed by atoms with Gasteiger partial charge >= 0.3 is 0 Å². The van der Waals surface area contributed by atoms with Crippen LogP contribution in [0.3, 0.4) is 0 Å². The van der Waals surface area contributed by atoms with Crippen molar-refractivity contribution >= 4 is 34.1 Å². The number of hydrogen-bond acceptors (Lipinski definition) is 7. The first-order valence-electron chi connectivity index (χ1n) is 10.5. The fraction of sp³-hybridized carbons (Fsp3) is 0.571. The first kappa shape index (κ1) is 20.7. The second-order valence-electron chi connectivity index (χ2n) is 7.95. The summed E-state index contributed by atoms with van der Waals surface area (Å²) in [6, 6.07) is 0. The average Bonchev–Trinajstić information content (AvgIpc) is 3.11. The molecule has 1 N–H and O–H groups in total. The lowest BCUT2D eigenvalue weighted by Gasteiger charge is -2.32. The third kappa shape index (κ3) is 3.78. The van der Waals surface area contributed by atoms with E-state index in [9.17, 15) is 9.59 Å². The number of amides is 2. The lowest BCUT2D eigenvalue weighted by molar-refractivity contribution is -0.118. The summed E-state index contributed by atoms with van der Waals surface area (Å²) < 4.78 is 0. The highest BCUT2D eigenvalue weighted by molar-refractivity contribution is 7.17. The summed E-state index contributed by atoms with van der Waals surface area (Å²) in [6.07, 6.45) is 2.86. The van der Waals surface area contributed by atoms with Crippen LogP contribution in [-0.4, -0.2) is 58.3 Å². The molecule has 1 fully saturated rings. The Balaban J connectivity index is 1.47. The molecule has 160 valence electrons. The summed E-state index contributed by atoms with van der Waals surface area (Å²) >= 11 is 1.43. The molecule has 4 heterocycles. The number of hydrogen-bond donors (Lipinski definition) is 1. The highest BCUT2D eigenvalue weighted by Crippen LogP contribution is 2.33. The van der Waals surface area contributed by atoms with E-state index >= 15 is 0 Å². The standard InChI is InChI=1S/C21H28N6O2S/c1-5-22-21-24-13(3)17(30-21)20(29)27-10-8-14(9-11-27)18-23-12(2)15-6-7-16(28)26(4)19(15)25-18/h14H,5-11H2,1-4H3,(H,22,24). The van der Waals surface area contributed by atoms with Gasteiger partial charge in [0.2, 0.25) is 5.91 Å². The van der Waals surface area contributed by atoms with Crippen molar-refractivity contribution in [2.24, 2.45) is 0 Å². The molecule has 9 heteroatoms. The number of piperidine rings is 1. The Morgan fingerprint density at radius 2 is 1.87 bits per heavy atom. The number of thiazole rings is 1. The zero-order valence-electron chi connectivity index (χ0n) is 18.0. The van der Waals surface area contributed by atoms with Crippen molar-refractivity contribution in [3.8, 4) is 0 Å². The number of aryl methyl sites for hydroxylation is 2. The third-order valence-electron chi connectivity index (χ3n) is 5.96. The predicted molar refractivity (Wildman–Crippen MR) is 117 cm³/mol. The number of aromatic nitrogens is 3. The molecule has 0 aromatic carbocycles. The Kier molecular flexibility index (Phi) is 5.73. The Morgan fingerprint density at radius 1 is 1.13 bits per heavy atom. The Hall–Kier alpha value is -2.55. The molecule has 2 aliphatic rings. The van der Waals surface area contributed by atoms with Crippen LogP contribution in [0.4, 0.5) is 10.9 Å². The van der Waals surface area contributed by atoms with Gasteiger partial charge in [-0.15, -0.1) is 0 Å². The van der Waals surface area contributed by atoms with Gasteiger partial charge < -0.3 is 10.2 Å². The summed E-state index contributed by atoms with van der Waals surface area (Å²) in [6.45, 7) is 8.03. The van der Waals surface area contributed by atoms with Gasteiger partial charge in [0, 0.05) is 50.3 Å². The van der Waals surface area contributed by atoms with Gasteiger partial charge in [-0.3, -0.25) is 14.5 Å². The largest absolute Gasteiger partial charge is 0.362 e. The smallest absolute Gasteiger partial charge is 0.265 e. The van der Waals surface area contributed by atoms with Crippen LogP contribution in [0.1, 0.15) is 64.6 Å². The molecular formula is C21H28N6O2S. The average molecular weight is 429 g/mol. The molecular weight excluding hydrogens is 400 g/mol. The van der Waals surface area contributed by atoms with Crippen LogP contribution >= 0.6 is 11.3 Å². The molecule has 2 aromatic heterocycles. The van der Waals surface area contributed by atoms with Crippen molar-refractivity contribution in [3.05, 3.63) is 27.7 Å². The topological polar surface area (TPSA) is 91.3 Å². The number of carbonyl (C=O) groups excluding carboxylic acids is 2. The van der Waals surface area contributed by atoms with Crippen molar-refractivity contribution in [2.75, 3.05) is 36.9 Å². The number of nitrogens with zero attached hydrogens (tertiary/aromatic N) is 5. The summed E-state index contributed by atoms with van der Waals surface area (Å²) in [5, 5.41) is 3.98. The van der Waals surface area contributed by atoms with E-state index in [4.69, 9.17) is 9.97 Å². The molecule has 0 saturated carbocycles. The third-order valence-corrected chi connectivity index (χ3v) is 7.06. The molecule has 2 amide bonds. The van der Waals surface area contributed by atoms with Crippen molar-refractivity contribution < 1.29 is 9.59 Å². The number of anilines is 2. The van der Waals surface area contributed by atoms with Crippen LogP contribution in [0.2, 0.25) is 0 Å². The lowest BCUT2D eigenvalue weighted by atomic mass is 9.94. The zero-order valence-corrected chi connectivity index (χ0v) is 18.8. The number of likely N-dealkylation sites (tertiary alicyclic amines) is 1. The SMILES string of the molecule is CCNc1nc(C)c(C(=O)N2CCC(c3nc(C)c4c(n3)N(C)C(=O)CC4)CC2)s1. The summed E-state index contributed by atoms with van der Waals surface area (Å²) in [4.78, 5) is 43.4. The molecule has 1 saturated heterocycles. The normalized spacial score (nSPS) is 17.3. The van der Waals surface area contributed by atoms with E-state index in [1.165, 1.54) is 11.3 Å². The lowest BCUT2D eigenvalue weighted by Crippen LogP contribution is -2.38. The van der Waals surface area contributed by atoms with Gasteiger partial charge in [0.15, 0.2) is 5.13 Å². The van der Waals surface area contributed by atoms with Gasteiger partial charge in [-0.25, -0.2) is 15.0 Å². The van der Waals surface area contributed by atoms with Gasteiger partial charge in [-0.2, -0.15) is 0 Å². The summed E-state index contributed by atoms with van der Waals surface area (Å²) in [5.74, 6) is 1.90. The maximum Gasteiger partial charge on any atom is 0.265 e. The maximum absolute atomic E-state index is 13.0. The number of nitrogens with one attached hydrogen (secondary N) is 1. The van der Waals surface area contributed by atoms with Crippen LogP contribution in [0.5, 0.6) is 0 Å². The molecule has 4 rings (SSSR count). The minimum atomic E-state index is 0.0560. The fourth-order valence-electron chi connectivity index (χ4n) is 4.18. The summed E-state index contributed by atoms with van der Waals surface area (Å²) in [7, 11) is 1.79. The molecule has 2 aliphatic heterocycles. The van der Waals surface area contributed by atoms with Crippen molar-refractivity contribution in [1.29, 1.82) is 0 Å². The van der Waals surface area contributed by atoms with Gasteiger partial charge in [-0.1, -0.05) is 11.3 Å². The highest BCUT2D eigenvalue weighted by Gasteiger charge is 2.31. The number of rotatable bonds is 4. The molecule has 0 atom stereocenters. The first-order valence-corrected chi connectivity index (χ1v) is 11.3. The van der Waals surface area contributed by atoms with Gasteiger partial charge in [-0.05, 0) is 40.0 Å². The van der Waals surface area contributed by atoms with Crippen LogP contribution in [0.25, 0.3) is 0 Å². The minimum Gasteiger partial charge on any atom is -0.362 e. The Bertz CT molecular complexity index is 980. The van der Waals surface area contributed by atoms with E-state index in [2.05, 4.69) is 10.3 Å². The minimum absolute atomic E-state index is 0.0560. The van der Waals surface area contributed by atoms with E-state index in [0.29, 0.717) is 30.8 Å². The van der Waals surface area contributed by atoms with E-state index < -0.39 is 0 Å². The monoisotopic (exact) mass is 428 g/mol.